The second-order valence-corrected chi connectivity index (χ2v) is 3.82. The van der Waals surface area contributed by atoms with Crippen molar-refractivity contribution in [1.82, 2.24) is 4.90 Å². The number of aliphatic carboxylic acids is 1. The third-order valence-electron chi connectivity index (χ3n) is 2.92. The Labute approximate surface area is 80.7 Å². The maximum atomic E-state index is 11.3. The Bertz CT molecular complexity index is 290. The van der Waals surface area contributed by atoms with Crippen LogP contribution in [-0.2, 0) is 14.4 Å². The molecule has 2 amide bonds. The summed E-state index contributed by atoms with van der Waals surface area (Å²) in [5.41, 5.74) is 0. The van der Waals surface area contributed by atoms with Crippen molar-refractivity contribution >= 4 is 17.8 Å². The van der Waals surface area contributed by atoms with Gasteiger partial charge in [0.15, 0.2) is 0 Å². The van der Waals surface area contributed by atoms with Gasteiger partial charge in [-0.25, -0.2) is 0 Å². The summed E-state index contributed by atoms with van der Waals surface area (Å²) in [4.78, 5) is 34.3. The van der Waals surface area contributed by atoms with E-state index >= 15 is 0 Å². The molecule has 5 heteroatoms. The van der Waals surface area contributed by atoms with Gasteiger partial charge in [-0.1, -0.05) is 0 Å². The molecule has 1 N–H and O–H groups in total. The van der Waals surface area contributed by atoms with Gasteiger partial charge in [0.1, 0.15) is 0 Å². The minimum atomic E-state index is -0.833. The van der Waals surface area contributed by atoms with Crippen LogP contribution in [-0.4, -0.2) is 33.8 Å². The van der Waals surface area contributed by atoms with E-state index in [1.807, 2.05) is 0 Å². The highest BCUT2D eigenvalue weighted by molar-refractivity contribution is 6.02. The molecule has 1 heterocycles. The molecule has 0 radical (unpaired) electrons. The fourth-order valence-electron chi connectivity index (χ4n) is 2.00. The van der Waals surface area contributed by atoms with Crippen LogP contribution in [0.25, 0.3) is 0 Å². The molecule has 0 aromatic rings. The number of carboxylic acid groups (broad SMARTS) is 1. The first-order valence-corrected chi connectivity index (χ1v) is 4.67. The molecule has 0 bridgehead atoms. The van der Waals surface area contributed by atoms with Crippen LogP contribution in [0, 0.1) is 5.92 Å². The number of nitrogens with zero attached hydrogens (tertiary/aromatic N) is 1. The predicted molar refractivity (Wildman–Crippen MR) is 45.2 cm³/mol. The molecule has 0 aromatic heterocycles. The highest BCUT2D eigenvalue weighted by Gasteiger charge is 2.44. The van der Waals surface area contributed by atoms with Crippen LogP contribution in [0.5, 0.6) is 0 Å². The van der Waals surface area contributed by atoms with Gasteiger partial charge < -0.3 is 5.11 Å². The fourth-order valence-corrected chi connectivity index (χ4v) is 2.00. The van der Waals surface area contributed by atoms with E-state index in [0.717, 1.165) is 0 Å². The molecule has 1 aliphatic heterocycles. The number of hydrogen-bond donors (Lipinski definition) is 1. The van der Waals surface area contributed by atoms with Crippen LogP contribution in [0.2, 0.25) is 0 Å². The summed E-state index contributed by atoms with van der Waals surface area (Å²) in [6.07, 6.45) is 1.42. The number of hydrogen-bond acceptors (Lipinski definition) is 3. The summed E-state index contributed by atoms with van der Waals surface area (Å²) >= 11 is 0. The van der Waals surface area contributed by atoms with E-state index in [1.54, 1.807) is 0 Å². The Morgan fingerprint density at radius 2 is 1.71 bits per heavy atom. The second kappa shape index (κ2) is 3.08. The zero-order valence-electron chi connectivity index (χ0n) is 7.60. The van der Waals surface area contributed by atoms with E-state index in [2.05, 4.69) is 0 Å². The molecule has 0 unspecified atom stereocenters. The number of carbonyl (C=O) groups excluding carboxylic acids is 2. The number of amides is 2. The Kier molecular flexibility index (Phi) is 2.02. The minimum Gasteiger partial charge on any atom is -0.481 e. The Morgan fingerprint density at radius 1 is 1.21 bits per heavy atom. The number of carbonyl (C=O) groups is 3. The van der Waals surface area contributed by atoms with Crippen molar-refractivity contribution in [3.63, 3.8) is 0 Å². The lowest BCUT2D eigenvalue weighted by Gasteiger charge is -2.37. The number of likely N-dealkylation sites (tertiary alicyclic amines) is 1. The third kappa shape index (κ3) is 1.29. The van der Waals surface area contributed by atoms with Crippen LogP contribution in [0.1, 0.15) is 25.7 Å². The zero-order chi connectivity index (χ0) is 10.3. The largest absolute Gasteiger partial charge is 0.481 e. The molecule has 0 spiro atoms. The SMILES string of the molecule is O=C(O)C1CC(N2C(=O)CCC2=O)C1. The molecular formula is C9H11NO4. The monoisotopic (exact) mass is 197 g/mol. The molecular weight excluding hydrogens is 186 g/mol. The van der Waals surface area contributed by atoms with E-state index in [-0.39, 0.29) is 36.6 Å². The molecule has 14 heavy (non-hydrogen) atoms. The smallest absolute Gasteiger partial charge is 0.306 e. The van der Waals surface area contributed by atoms with E-state index in [1.165, 1.54) is 4.90 Å². The summed E-state index contributed by atoms with van der Waals surface area (Å²) in [7, 11) is 0. The van der Waals surface area contributed by atoms with E-state index in [4.69, 9.17) is 5.11 Å². The first-order valence-electron chi connectivity index (χ1n) is 4.67. The molecule has 1 saturated carbocycles. The average molecular weight is 197 g/mol. The van der Waals surface area contributed by atoms with Gasteiger partial charge in [0, 0.05) is 18.9 Å². The molecule has 1 aliphatic carbocycles. The number of rotatable bonds is 2. The van der Waals surface area contributed by atoms with Gasteiger partial charge in [0.2, 0.25) is 11.8 Å². The quantitative estimate of drug-likeness (QED) is 0.632. The molecule has 2 fully saturated rings. The van der Waals surface area contributed by atoms with Gasteiger partial charge in [0.25, 0.3) is 0 Å². The average Bonchev–Trinajstić information content (AvgIpc) is 2.32. The Morgan fingerprint density at radius 3 is 2.14 bits per heavy atom. The fraction of sp³-hybridized carbons (Fsp3) is 0.667. The molecule has 76 valence electrons. The van der Waals surface area contributed by atoms with Crippen molar-refractivity contribution in [3.05, 3.63) is 0 Å². The van der Waals surface area contributed by atoms with Gasteiger partial charge in [-0.15, -0.1) is 0 Å². The second-order valence-electron chi connectivity index (χ2n) is 3.82. The maximum Gasteiger partial charge on any atom is 0.306 e. The van der Waals surface area contributed by atoms with Crippen molar-refractivity contribution in [2.24, 2.45) is 5.92 Å². The van der Waals surface area contributed by atoms with Crippen molar-refractivity contribution in [2.45, 2.75) is 31.7 Å². The summed E-state index contributed by atoms with van der Waals surface area (Å²) < 4.78 is 0. The van der Waals surface area contributed by atoms with Crippen molar-refractivity contribution in [3.8, 4) is 0 Å². The molecule has 5 nitrogen and oxygen atoms in total. The van der Waals surface area contributed by atoms with Crippen LogP contribution in [0.4, 0.5) is 0 Å². The van der Waals surface area contributed by atoms with Crippen molar-refractivity contribution in [1.29, 1.82) is 0 Å². The summed E-state index contributed by atoms with van der Waals surface area (Å²) in [5, 5.41) is 8.64. The van der Waals surface area contributed by atoms with Crippen molar-refractivity contribution in [2.75, 3.05) is 0 Å². The molecule has 0 atom stereocenters. The van der Waals surface area contributed by atoms with E-state index < -0.39 is 5.97 Å². The standard InChI is InChI=1S/C9H11NO4/c11-7-1-2-8(12)10(7)6-3-5(4-6)9(13)14/h5-6H,1-4H2,(H,13,14). The lowest BCUT2D eigenvalue weighted by molar-refractivity contribution is -0.154. The van der Waals surface area contributed by atoms with Gasteiger partial charge in [-0.05, 0) is 12.8 Å². The first-order chi connectivity index (χ1) is 6.59. The summed E-state index contributed by atoms with van der Waals surface area (Å²) in [6.45, 7) is 0. The molecule has 2 aliphatic rings. The van der Waals surface area contributed by atoms with Crippen molar-refractivity contribution < 1.29 is 19.5 Å². The zero-order valence-corrected chi connectivity index (χ0v) is 7.60. The van der Waals surface area contributed by atoms with Crippen LogP contribution in [0.3, 0.4) is 0 Å². The Balaban J connectivity index is 1.96. The first kappa shape index (κ1) is 9.18. The van der Waals surface area contributed by atoms with Gasteiger partial charge in [-0.2, -0.15) is 0 Å². The topological polar surface area (TPSA) is 74.7 Å². The van der Waals surface area contributed by atoms with Crippen LogP contribution < -0.4 is 0 Å². The minimum absolute atomic E-state index is 0.149. The third-order valence-corrected chi connectivity index (χ3v) is 2.92. The molecule has 2 rings (SSSR count). The summed E-state index contributed by atoms with van der Waals surface area (Å²) in [6, 6.07) is -0.154. The van der Waals surface area contributed by atoms with Crippen LogP contribution in [0.15, 0.2) is 0 Å². The highest BCUT2D eigenvalue weighted by Crippen LogP contribution is 2.34. The van der Waals surface area contributed by atoms with Gasteiger partial charge in [0.05, 0.1) is 5.92 Å². The maximum absolute atomic E-state index is 11.3. The molecule has 0 aromatic carbocycles. The lowest BCUT2D eigenvalue weighted by Crippen LogP contribution is -2.49. The van der Waals surface area contributed by atoms with Gasteiger partial charge >= 0.3 is 5.97 Å². The van der Waals surface area contributed by atoms with E-state index in [0.29, 0.717) is 12.8 Å². The van der Waals surface area contributed by atoms with E-state index in [9.17, 15) is 14.4 Å². The predicted octanol–water partition coefficient (Wildman–Crippen LogP) is -0.00140. The number of imide groups is 1. The normalized spacial score (nSPS) is 31.9. The Hall–Kier alpha value is -1.39. The van der Waals surface area contributed by atoms with Gasteiger partial charge in [-0.3, -0.25) is 19.3 Å². The molecule has 1 saturated heterocycles. The highest BCUT2D eigenvalue weighted by atomic mass is 16.4. The lowest BCUT2D eigenvalue weighted by atomic mass is 9.79. The summed E-state index contributed by atoms with van der Waals surface area (Å²) in [5.74, 6) is -1.51. The number of carboxylic acids is 1. The van der Waals surface area contributed by atoms with Crippen LogP contribution >= 0.6 is 0 Å².